The maximum absolute atomic E-state index is 12.4. The van der Waals surface area contributed by atoms with Gasteiger partial charge >= 0.3 is 5.97 Å². The van der Waals surface area contributed by atoms with E-state index in [9.17, 15) is 4.79 Å². The molecule has 2 rings (SSSR count). The molecular formula is C26H31N2O2S2+. The molecule has 0 aliphatic rings. The predicted octanol–water partition coefficient (Wildman–Crippen LogP) is 5.71. The molecule has 0 heterocycles. The highest BCUT2D eigenvalue weighted by Gasteiger charge is 2.34. The number of benzene rings is 1. The van der Waals surface area contributed by atoms with Crippen LogP contribution < -0.4 is 0 Å². The van der Waals surface area contributed by atoms with Crippen molar-refractivity contribution in [3.05, 3.63) is 83.2 Å². The summed E-state index contributed by atoms with van der Waals surface area (Å²) in [5.74, 6) is -0.265. The van der Waals surface area contributed by atoms with Crippen molar-refractivity contribution in [2.24, 2.45) is 0 Å². The van der Waals surface area contributed by atoms with E-state index in [-0.39, 0.29) is 12.4 Å². The quantitative estimate of drug-likeness (QED) is 0.173. The van der Waals surface area contributed by atoms with Gasteiger partial charge in [-0.1, -0.05) is 54.7 Å². The van der Waals surface area contributed by atoms with E-state index in [1.165, 1.54) is 17.3 Å². The fourth-order valence-electron chi connectivity index (χ4n) is 3.43. The van der Waals surface area contributed by atoms with Crippen molar-refractivity contribution >= 4 is 34.1 Å². The standard InChI is InChI=1S/C26H31N2O2S2/c1-5-28(6-2,21-22-13-9-7-10-14-22)19-20-30-24(29)17-18-26(3,27-4)32-25(31)23-15-11-8-12-16-23/h8-9,11-16H,5-6,17-21H2,1-3H3/q+1. The van der Waals surface area contributed by atoms with E-state index in [1.807, 2.05) is 49.4 Å². The summed E-state index contributed by atoms with van der Waals surface area (Å²) in [4.78, 5) is 15.4. The van der Waals surface area contributed by atoms with Gasteiger partial charge in [-0.2, -0.15) is 0 Å². The van der Waals surface area contributed by atoms with Gasteiger partial charge in [0.25, 0.3) is 4.87 Å². The van der Waals surface area contributed by atoms with Gasteiger partial charge in [0.1, 0.15) is 19.7 Å². The van der Waals surface area contributed by atoms with E-state index in [0.29, 0.717) is 17.2 Å². The summed E-state index contributed by atoms with van der Waals surface area (Å²) in [5.41, 5.74) is 2.13. The molecule has 0 spiro atoms. The fraction of sp³-hybridized carbons (Fsp3) is 0.423. The Balaban J connectivity index is 1.84. The molecule has 0 aliphatic heterocycles. The minimum Gasteiger partial charge on any atom is -0.460 e. The van der Waals surface area contributed by atoms with E-state index in [4.69, 9.17) is 23.5 Å². The number of carbonyl (C=O) groups excluding carboxylic acids is 1. The normalized spacial score (nSPS) is 12.8. The highest BCUT2D eigenvalue weighted by molar-refractivity contribution is 8.24. The summed E-state index contributed by atoms with van der Waals surface area (Å²) in [6, 6.07) is 21.5. The van der Waals surface area contributed by atoms with E-state index in [2.05, 4.69) is 36.9 Å². The number of likely N-dealkylation sites (N-methyl/N-ethyl adjacent to an activating group) is 1. The molecule has 1 unspecified atom stereocenters. The van der Waals surface area contributed by atoms with Crippen molar-refractivity contribution in [1.29, 1.82) is 0 Å². The zero-order valence-electron chi connectivity index (χ0n) is 19.1. The van der Waals surface area contributed by atoms with Crippen LogP contribution in [0.25, 0.3) is 4.85 Å². The minimum atomic E-state index is -0.792. The Morgan fingerprint density at radius 3 is 2.53 bits per heavy atom. The third-order valence-corrected chi connectivity index (χ3v) is 7.40. The molecule has 0 aromatic heterocycles. The highest BCUT2D eigenvalue weighted by Crippen LogP contribution is 2.35. The molecule has 1 atom stereocenters. The number of carbonyl (C=O) groups is 1. The molecule has 4 nitrogen and oxygen atoms in total. The second-order valence-electron chi connectivity index (χ2n) is 7.96. The van der Waals surface area contributed by atoms with Crippen molar-refractivity contribution in [2.75, 3.05) is 26.2 Å². The van der Waals surface area contributed by atoms with Crippen LogP contribution in [0.1, 0.15) is 44.7 Å². The predicted molar refractivity (Wildman–Crippen MR) is 135 cm³/mol. The molecular weight excluding hydrogens is 436 g/mol. The van der Waals surface area contributed by atoms with Crippen LogP contribution >= 0.6 is 24.0 Å². The summed E-state index contributed by atoms with van der Waals surface area (Å²) in [5, 5.41) is 0. The van der Waals surface area contributed by atoms with Gasteiger partial charge < -0.3 is 9.22 Å². The summed E-state index contributed by atoms with van der Waals surface area (Å²) >= 11 is 6.84. The van der Waals surface area contributed by atoms with Crippen molar-refractivity contribution in [1.82, 2.24) is 0 Å². The molecule has 0 radical (unpaired) electrons. The lowest BCUT2D eigenvalue weighted by Gasteiger charge is -2.36. The topological polar surface area (TPSA) is 30.7 Å². The van der Waals surface area contributed by atoms with Crippen LogP contribution in [-0.2, 0) is 16.1 Å². The number of esters is 1. The smallest absolute Gasteiger partial charge is 0.306 e. The monoisotopic (exact) mass is 467 g/mol. The van der Waals surface area contributed by atoms with Gasteiger partial charge in [0.2, 0.25) is 0 Å². The summed E-state index contributed by atoms with van der Waals surface area (Å²) in [7, 11) is 0. The maximum atomic E-state index is 12.4. The number of rotatable bonds is 12. The van der Waals surface area contributed by atoms with E-state index in [0.717, 1.165) is 36.2 Å². The lowest BCUT2D eigenvalue weighted by molar-refractivity contribution is -0.937. The van der Waals surface area contributed by atoms with Crippen molar-refractivity contribution < 1.29 is 14.0 Å². The number of hydrogen-bond acceptors (Lipinski definition) is 4. The van der Waals surface area contributed by atoms with Gasteiger partial charge in [0.05, 0.1) is 23.7 Å². The Morgan fingerprint density at radius 2 is 1.94 bits per heavy atom. The zero-order chi connectivity index (χ0) is 23.5. The molecule has 0 aliphatic carbocycles. The van der Waals surface area contributed by atoms with Crippen LogP contribution in [0.3, 0.4) is 0 Å². The lowest BCUT2D eigenvalue weighted by atomic mass is 10.2. The Labute approximate surface area is 202 Å². The molecule has 2 aromatic rings. The second-order valence-corrected chi connectivity index (χ2v) is 10.1. The first-order valence-electron chi connectivity index (χ1n) is 10.9. The second kappa shape index (κ2) is 12.6. The number of thiocarbonyl (C=S) groups is 1. The highest BCUT2D eigenvalue weighted by atomic mass is 32.2. The summed E-state index contributed by atoms with van der Waals surface area (Å²) in [6.45, 7) is 17.7. The van der Waals surface area contributed by atoms with E-state index < -0.39 is 4.87 Å². The largest absolute Gasteiger partial charge is 0.460 e. The first kappa shape index (κ1) is 25.9. The van der Waals surface area contributed by atoms with E-state index in [1.54, 1.807) is 0 Å². The first-order valence-corrected chi connectivity index (χ1v) is 12.1. The summed E-state index contributed by atoms with van der Waals surface area (Å²) in [6.07, 6.45) is 0.593. The zero-order valence-corrected chi connectivity index (χ0v) is 20.7. The number of ether oxygens (including phenoxy) is 1. The Morgan fingerprint density at radius 1 is 1.22 bits per heavy atom. The molecule has 0 saturated carbocycles. The molecule has 0 fully saturated rings. The van der Waals surface area contributed by atoms with Crippen molar-refractivity contribution in [3.8, 4) is 0 Å². The molecule has 0 N–H and O–H groups in total. The van der Waals surface area contributed by atoms with Crippen LogP contribution in [0.15, 0.2) is 48.5 Å². The molecule has 0 amide bonds. The third-order valence-electron chi connectivity index (χ3n) is 5.76. The Kier molecular flexibility index (Phi) is 10.2. The van der Waals surface area contributed by atoms with Gasteiger partial charge in [-0.3, -0.25) is 9.64 Å². The number of nitrogens with zero attached hydrogens (tertiary/aromatic N) is 2. The molecule has 0 saturated heterocycles. The number of thioether (sulfide) groups is 1. The Bertz CT molecular complexity index is 908. The number of hydrogen-bond donors (Lipinski definition) is 0. The first-order chi connectivity index (χ1) is 15.4. The average Bonchev–Trinajstić information content (AvgIpc) is 2.83. The summed E-state index contributed by atoms with van der Waals surface area (Å²) < 4.78 is 7.06. The van der Waals surface area contributed by atoms with Crippen LogP contribution in [0.2, 0.25) is 0 Å². The van der Waals surface area contributed by atoms with E-state index >= 15 is 0 Å². The average molecular weight is 468 g/mol. The number of quaternary nitrogens is 1. The van der Waals surface area contributed by atoms with Crippen LogP contribution in [-0.4, -0.2) is 45.8 Å². The lowest BCUT2D eigenvalue weighted by Crippen LogP contribution is -2.49. The molecule has 32 heavy (non-hydrogen) atoms. The van der Waals surface area contributed by atoms with Gasteiger partial charge in [-0.05, 0) is 49.4 Å². The van der Waals surface area contributed by atoms with Crippen LogP contribution in [0, 0.1) is 18.7 Å². The van der Waals surface area contributed by atoms with Gasteiger partial charge in [0.15, 0.2) is 0 Å². The van der Waals surface area contributed by atoms with Crippen LogP contribution in [0.4, 0.5) is 0 Å². The molecule has 0 bridgehead atoms. The Hall–Kier alpha value is -2.38. The molecule has 6 heteroatoms. The fourth-order valence-corrected chi connectivity index (χ4v) is 5.01. The SMILES string of the molecule is [C-]#[N+]C(C)(CCC(=O)OCC[N+](CC)(CC)Cc1cc#ccc1)SC(=S)c1ccccc1. The maximum Gasteiger partial charge on any atom is 0.306 e. The minimum absolute atomic E-state index is 0.199. The van der Waals surface area contributed by atoms with Gasteiger partial charge in [0, 0.05) is 18.9 Å². The third kappa shape index (κ3) is 7.95. The van der Waals surface area contributed by atoms with Crippen molar-refractivity contribution in [2.45, 2.75) is 45.0 Å². The van der Waals surface area contributed by atoms with Crippen molar-refractivity contribution in [3.63, 3.8) is 0 Å². The van der Waals surface area contributed by atoms with Gasteiger partial charge in [-0.15, -0.1) is 0 Å². The van der Waals surface area contributed by atoms with Crippen LogP contribution in [0.5, 0.6) is 0 Å². The molecule has 168 valence electrons. The van der Waals surface area contributed by atoms with Gasteiger partial charge in [-0.25, -0.2) is 6.57 Å². The molecule has 2 aromatic carbocycles.